The molecule has 0 aromatic rings. The molecule has 0 spiro atoms. The van der Waals surface area contributed by atoms with Crippen molar-refractivity contribution in [1.29, 1.82) is 0 Å². The summed E-state index contributed by atoms with van der Waals surface area (Å²) in [6.07, 6.45) is 0. The van der Waals surface area contributed by atoms with Gasteiger partial charge in [0.15, 0.2) is 0 Å². The molecule has 6 nitrogen and oxygen atoms in total. The molecule has 0 aromatic carbocycles. The topological polar surface area (TPSA) is 55.4 Å². The van der Waals surface area contributed by atoms with Crippen molar-refractivity contribution in [3.8, 4) is 0 Å². The highest BCUT2D eigenvalue weighted by Gasteiger charge is 1.97. The summed E-state index contributed by atoms with van der Waals surface area (Å²) in [7, 11) is 0. The smallest absolute Gasteiger partial charge is 0.0859 e. The van der Waals surface area contributed by atoms with Gasteiger partial charge in [-0.2, -0.15) is 0 Å². The van der Waals surface area contributed by atoms with E-state index in [9.17, 15) is 0 Å². The Kier molecular flexibility index (Phi) is 21.4. The molecule has 0 heterocycles. The number of halogens is 2. The molecule has 0 saturated carbocycles. The third-order valence-electron chi connectivity index (χ3n) is 2.31. The van der Waals surface area contributed by atoms with Crippen molar-refractivity contribution in [1.82, 2.24) is 0 Å². The minimum Gasteiger partial charge on any atom is -0.379 e. The van der Waals surface area contributed by atoms with Crippen LogP contribution in [-0.2, 0) is 28.4 Å². The van der Waals surface area contributed by atoms with Crippen LogP contribution >= 0.6 is 45.2 Å². The second kappa shape index (κ2) is 20.3. The summed E-state index contributed by atoms with van der Waals surface area (Å²) in [4.78, 5) is 0. The van der Waals surface area contributed by atoms with Crippen LogP contribution in [0, 0.1) is 0 Å². The summed E-state index contributed by atoms with van der Waals surface area (Å²) in [5, 5.41) is 0. The molecule has 0 rings (SSSR count). The highest BCUT2D eigenvalue weighted by atomic mass is 127. The molecule has 0 amide bonds. The molecule has 0 atom stereocenters. The van der Waals surface area contributed by atoms with Crippen LogP contribution in [0.5, 0.6) is 0 Å². The first-order chi connectivity index (χ1) is 10.8. The second-order valence-electron chi connectivity index (χ2n) is 4.11. The third kappa shape index (κ3) is 21.2. The average molecular weight is 546 g/mol. The lowest BCUT2D eigenvalue weighted by molar-refractivity contribution is -0.0155. The van der Waals surface area contributed by atoms with Gasteiger partial charge in [-0.3, -0.25) is 0 Å². The molecule has 0 radical (unpaired) electrons. The Morgan fingerprint density at radius 2 is 0.864 bits per heavy atom. The van der Waals surface area contributed by atoms with Gasteiger partial charge in [-0.1, -0.05) is 45.2 Å². The molecule has 8 heteroatoms. The second-order valence-corrected chi connectivity index (χ2v) is 9.50. The van der Waals surface area contributed by atoms with E-state index < -0.39 is 0 Å². The van der Waals surface area contributed by atoms with Crippen LogP contribution in [0.25, 0.3) is 0 Å². The molecule has 0 saturated heterocycles. The summed E-state index contributed by atoms with van der Waals surface area (Å²) >= 11 is 4.64. The van der Waals surface area contributed by atoms with Crippen molar-refractivity contribution in [2.45, 2.75) is 8.86 Å². The maximum absolute atomic E-state index is 5.39. The van der Waals surface area contributed by atoms with Gasteiger partial charge in [0.1, 0.15) is 0 Å². The molecular formula is C14H28I2O6. The van der Waals surface area contributed by atoms with Gasteiger partial charge < -0.3 is 28.4 Å². The van der Waals surface area contributed by atoms with E-state index in [4.69, 9.17) is 28.4 Å². The molecule has 0 aliphatic carbocycles. The number of hydrogen-bond acceptors (Lipinski definition) is 6. The lowest BCUT2D eigenvalue weighted by Gasteiger charge is -2.08. The Hall–Kier alpha value is 1.22. The van der Waals surface area contributed by atoms with Gasteiger partial charge in [-0.15, -0.1) is 0 Å². The molecule has 22 heavy (non-hydrogen) atoms. The van der Waals surface area contributed by atoms with Crippen molar-refractivity contribution in [2.75, 3.05) is 79.3 Å². The van der Waals surface area contributed by atoms with Gasteiger partial charge in [0.2, 0.25) is 0 Å². The summed E-state index contributed by atoms with van der Waals surface area (Å²) in [6, 6.07) is 0. The van der Waals surface area contributed by atoms with E-state index >= 15 is 0 Å². The van der Waals surface area contributed by atoms with E-state index in [-0.39, 0.29) is 0 Å². The van der Waals surface area contributed by atoms with Crippen LogP contribution in [0.15, 0.2) is 0 Å². The van der Waals surface area contributed by atoms with Crippen molar-refractivity contribution in [2.24, 2.45) is 0 Å². The monoisotopic (exact) mass is 546 g/mol. The van der Waals surface area contributed by atoms with Gasteiger partial charge >= 0.3 is 0 Å². The largest absolute Gasteiger partial charge is 0.379 e. The first kappa shape index (κ1) is 23.2. The summed E-state index contributed by atoms with van der Waals surface area (Å²) < 4.78 is 32.5. The molecule has 0 aliphatic heterocycles. The highest BCUT2D eigenvalue weighted by molar-refractivity contribution is 14.2. The first-order valence-corrected chi connectivity index (χ1v) is 10.0. The number of alkyl halides is 2. The predicted octanol–water partition coefficient (Wildman–Crippen LogP) is 2.30. The third-order valence-corrected chi connectivity index (χ3v) is 3.03. The van der Waals surface area contributed by atoms with Crippen molar-refractivity contribution in [3.63, 3.8) is 0 Å². The van der Waals surface area contributed by atoms with Gasteiger partial charge in [0.25, 0.3) is 0 Å². The van der Waals surface area contributed by atoms with E-state index in [2.05, 4.69) is 45.2 Å². The molecule has 0 fully saturated rings. The van der Waals surface area contributed by atoms with Gasteiger partial charge in [0, 0.05) is 6.61 Å². The summed E-state index contributed by atoms with van der Waals surface area (Å²) in [5.74, 6) is 0. The Morgan fingerprint density at radius 1 is 0.545 bits per heavy atom. The molecule has 0 N–H and O–H groups in total. The fourth-order valence-corrected chi connectivity index (χ4v) is 1.82. The molecule has 0 unspecified atom stereocenters. The minimum absolute atomic E-state index is 0.508. The van der Waals surface area contributed by atoms with E-state index in [0.717, 1.165) is 13.2 Å². The summed E-state index contributed by atoms with van der Waals surface area (Å²) in [6.45, 7) is 9.43. The van der Waals surface area contributed by atoms with Crippen LogP contribution in [-0.4, -0.2) is 81.2 Å². The molecule has 0 aromatic heterocycles. The Labute approximate surface area is 161 Å². The fraction of sp³-hybridized carbons (Fsp3) is 1.00. The molecule has 0 aliphatic rings. The normalized spacial score (nSPS) is 11.5. The van der Waals surface area contributed by atoms with Crippen LogP contribution < -0.4 is 0 Å². The Balaban J connectivity index is 2.94. The van der Waals surface area contributed by atoms with E-state index in [1.165, 1.54) is 0 Å². The quantitative estimate of drug-likeness (QED) is 0.150. The lowest BCUT2D eigenvalue weighted by Crippen LogP contribution is -2.14. The highest BCUT2D eigenvalue weighted by Crippen LogP contribution is 2.08. The SMILES string of the molecule is CCOCCOCCOCCOCCOCCOCC(I)I. The number of hydrogen-bond donors (Lipinski definition) is 0. The first-order valence-electron chi connectivity index (χ1n) is 7.52. The molecule has 134 valence electrons. The molecular weight excluding hydrogens is 518 g/mol. The number of rotatable bonds is 18. The maximum atomic E-state index is 5.39. The van der Waals surface area contributed by atoms with Gasteiger partial charge in [0.05, 0.1) is 74.6 Å². The lowest BCUT2D eigenvalue weighted by atomic mass is 10.7. The van der Waals surface area contributed by atoms with Crippen LogP contribution in [0.2, 0.25) is 0 Å². The minimum atomic E-state index is 0.508. The van der Waals surface area contributed by atoms with Gasteiger partial charge in [-0.25, -0.2) is 0 Å². The van der Waals surface area contributed by atoms with Crippen LogP contribution in [0.3, 0.4) is 0 Å². The van der Waals surface area contributed by atoms with Crippen molar-refractivity contribution in [3.05, 3.63) is 0 Å². The van der Waals surface area contributed by atoms with Crippen LogP contribution in [0.4, 0.5) is 0 Å². The fourth-order valence-electron chi connectivity index (χ4n) is 1.31. The zero-order valence-electron chi connectivity index (χ0n) is 13.3. The average Bonchev–Trinajstić information content (AvgIpc) is 2.50. The van der Waals surface area contributed by atoms with Crippen molar-refractivity contribution < 1.29 is 28.4 Å². The standard InChI is InChI=1S/C14H28I2O6/c1-2-17-3-4-18-5-6-19-7-8-20-9-10-21-11-12-22-13-14(15)16/h14H,2-13H2,1H3. The maximum Gasteiger partial charge on any atom is 0.0859 e. The number of ether oxygens (including phenoxy) is 6. The Bertz CT molecular complexity index is 210. The Morgan fingerprint density at radius 3 is 1.18 bits per heavy atom. The van der Waals surface area contributed by atoms with Crippen molar-refractivity contribution >= 4 is 45.2 Å². The molecule has 0 bridgehead atoms. The summed E-state index contributed by atoms with van der Waals surface area (Å²) in [5.41, 5.74) is 0. The van der Waals surface area contributed by atoms with E-state index in [1.807, 2.05) is 6.92 Å². The zero-order chi connectivity index (χ0) is 16.3. The van der Waals surface area contributed by atoms with E-state index in [0.29, 0.717) is 68.0 Å². The van der Waals surface area contributed by atoms with Gasteiger partial charge in [-0.05, 0) is 6.92 Å². The zero-order valence-corrected chi connectivity index (χ0v) is 17.6. The van der Waals surface area contributed by atoms with E-state index in [1.54, 1.807) is 0 Å². The predicted molar refractivity (Wildman–Crippen MR) is 102 cm³/mol. The van der Waals surface area contributed by atoms with Crippen LogP contribution in [0.1, 0.15) is 6.92 Å².